The van der Waals surface area contributed by atoms with Crippen molar-refractivity contribution in [1.82, 2.24) is 0 Å². The van der Waals surface area contributed by atoms with E-state index in [1.807, 2.05) is 54.6 Å². The molecule has 3 aromatic rings. The van der Waals surface area contributed by atoms with Gasteiger partial charge in [-0.15, -0.1) is 0 Å². The van der Waals surface area contributed by atoms with Gasteiger partial charge in [-0.25, -0.2) is 0 Å². The topological polar surface area (TPSA) is 70.8 Å². The van der Waals surface area contributed by atoms with Crippen molar-refractivity contribution in [1.29, 1.82) is 0 Å². The third-order valence-corrected chi connectivity index (χ3v) is 6.34. The van der Waals surface area contributed by atoms with Crippen LogP contribution in [0.25, 0.3) is 11.1 Å². The van der Waals surface area contributed by atoms with Gasteiger partial charge in [-0.3, -0.25) is 4.79 Å². The third-order valence-electron chi connectivity index (χ3n) is 6.34. The first-order valence-electron chi connectivity index (χ1n) is 10.5. The Morgan fingerprint density at radius 1 is 0.968 bits per heavy atom. The fourth-order valence-electron chi connectivity index (χ4n) is 4.31. The quantitative estimate of drug-likeness (QED) is 0.620. The lowest BCUT2D eigenvalue weighted by atomic mass is 9.87. The molecular weight excluding hydrogens is 390 g/mol. The van der Waals surface area contributed by atoms with Gasteiger partial charge < -0.3 is 19.9 Å². The van der Waals surface area contributed by atoms with Crippen LogP contribution in [0.2, 0.25) is 0 Å². The summed E-state index contributed by atoms with van der Waals surface area (Å²) < 4.78 is 16.5. The van der Waals surface area contributed by atoms with Crippen LogP contribution in [0.1, 0.15) is 29.5 Å². The highest BCUT2D eigenvalue weighted by molar-refractivity contribution is 5.95. The molecule has 0 atom stereocenters. The van der Waals surface area contributed by atoms with Gasteiger partial charge in [0.05, 0.1) is 12.5 Å². The number of nitrogens with two attached hydrogens (primary N) is 1. The number of methoxy groups -OCH3 is 1. The molecule has 5 rings (SSSR count). The van der Waals surface area contributed by atoms with Gasteiger partial charge in [0.1, 0.15) is 11.5 Å². The van der Waals surface area contributed by atoms with Gasteiger partial charge in [-0.2, -0.15) is 0 Å². The summed E-state index contributed by atoms with van der Waals surface area (Å²) in [5.74, 6) is 2.49. The van der Waals surface area contributed by atoms with Crippen molar-refractivity contribution in [3.8, 4) is 28.4 Å². The number of rotatable bonds is 7. The molecular formula is C26H25NO4. The summed E-state index contributed by atoms with van der Waals surface area (Å²) in [6.45, 7) is 0.745. The van der Waals surface area contributed by atoms with E-state index in [2.05, 4.69) is 6.07 Å². The Morgan fingerprint density at radius 2 is 1.71 bits per heavy atom. The fraction of sp³-hybridized carbons (Fsp3) is 0.269. The number of benzene rings is 3. The van der Waals surface area contributed by atoms with Crippen molar-refractivity contribution < 1.29 is 19.0 Å². The number of hydrogen-bond acceptors (Lipinski definition) is 5. The molecule has 1 aliphatic carbocycles. The Hall–Kier alpha value is -3.31. The monoisotopic (exact) mass is 415 g/mol. The zero-order valence-electron chi connectivity index (χ0n) is 17.5. The van der Waals surface area contributed by atoms with Crippen LogP contribution >= 0.6 is 0 Å². The summed E-state index contributed by atoms with van der Waals surface area (Å²) in [6, 6.07) is 20.0. The zero-order valence-corrected chi connectivity index (χ0v) is 17.5. The van der Waals surface area contributed by atoms with Gasteiger partial charge in [0, 0.05) is 18.5 Å². The molecule has 0 saturated heterocycles. The van der Waals surface area contributed by atoms with Crippen LogP contribution < -0.4 is 19.9 Å². The molecule has 2 N–H and O–H groups in total. The van der Waals surface area contributed by atoms with E-state index in [4.69, 9.17) is 19.9 Å². The lowest BCUT2D eigenvalue weighted by Gasteiger charge is -2.16. The zero-order chi connectivity index (χ0) is 21.4. The Morgan fingerprint density at radius 3 is 2.42 bits per heavy atom. The molecule has 1 heterocycles. The first-order chi connectivity index (χ1) is 15.1. The van der Waals surface area contributed by atoms with Crippen LogP contribution in [0.4, 0.5) is 0 Å². The molecule has 31 heavy (non-hydrogen) atoms. The molecule has 0 radical (unpaired) electrons. The van der Waals surface area contributed by atoms with Crippen molar-refractivity contribution in [2.45, 2.75) is 31.2 Å². The van der Waals surface area contributed by atoms with Crippen LogP contribution in [-0.4, -0.2) is 19.7 Å². The standard InChI is InChI=1S/C26H25NO4/c1-29-22-8-4-18(12-21(22)19-5-2-17(15-27)3-6-19)13-25(28)26(10-11-26)20-7-9-23-24(14-20)31-16-30-23/h2-9,12,14H,10-11,13,15-16,27H2,1H3. The summed E-state index contributed by atoms with van der Waals surface area (Å²) in [5.41, 5.74) is 10.4. The number of ketones is 1. The lowest BCUT2D eigenvalue weighted by Crippen LogP contribution is -2.22. The molecule has 0 spiro atoms. The number of fused-ring (bicyclic) bond motifs is 1. The predicted molar refractivity (Wildman–Crippen MR) is 119 cm³/mol. The van der Waals surface area contributed by atoms with Crippen molar-refractivity contribution in [2.75, 3.05) is 13.9 Å². The van der Waals surface area contributed by atoms with Crippen LogP contribution in [0.5, 0.6) is 17.2 Å². The minimum atomic E-state index is -0.413. The van der Waals surface area contributed by atoms with Gasteiger partial charge in [0.15, 0.2) is 11.5 Å². The van der Waals surface area contributed by atoms with Crippen molar-refractivity contribution in [3.63, 3.8) is 0 Å². The van der Waals surface area contributed by atoms with Crippen LogP contribution in [0.15, 0.2) is 60.7 Å². The van der Waals surface area contributed by atoms with Crippen molar-refractivity contribution in [3.05, 3.63) is 77.4 Å². The van der Waals surface area contributed by atoms with E-state index in [9.17, 15) is 4.79 Å². The van der Waals surface area contributed by atoms with Crippen LogP contribution in [0, 0.1) is 0 Å². The maximum Gasteiger partial charge on any atom is 0.231 e. The van der Waals surface area contributed by atoms with E-state index in [1.54, 1.807) is 7.11 Å². The first kappa shape index (κ1) is 19.6. The summed E-state index contributed by atoms with van der Waals surface area (Å²) in [4.78, 5) is 13.4. The molecule has 0 bridgehead atoms. The van der Waals surface area contributed by atoms with Gasteiger partial charge in [-0.1, -0.05) is 36.4 Å². The molecule has 2 aliphatic rings. The van der Waals surface area contributed by atoms with Crippen molar-refractivity contribution >= 4 is 5.78 Å². The second-order valence-corrected chi connectivity index (χ2v) is 8.19. The number of hydrogen-bond donors (Lipinski definition) is 1. The first-order valence-corrected chi connectivity index (χ1v) is 10.5. The van der Waals surface area contributed by atoms with Crippen LogP contribution in [-0.2, 0) is 23.2 Å². The summed E-state index contributed by atoms with van der Waals surface area (Å²) >= 11 is 0. The normalized spacial score (nSPS) is 15.5. The highest BCUT2D eigenvalue weighted by Crippen LogP contribution is 2.51. The summed E-state index contributed by atoms with van der Waals surface area (Å²) in [5, 5.41) is 0. The van der Waals surface area contributed by atoms with Gasteiger partial charge in [0.25, 0.3) is 0 Å². The summed E-state index contributed by atoms with van der Waals surface area (Å²) in [6.07, 6.45) is 2.12. The van der Waals surface area contributed by atoms with Crippen molar-refractivity contribution in [2.24, 2.45) is 5.73 Å². The second kappa shape index (κ2) is 7.75. The SMILES string of the molecule is COc1ccc(CC(=O)C2(c3ccc4c(c3)OCO4)CC2)cc1-c1ccc(CN)cc1. The van der Waals surface area contributed by atoms with E-state index in [0.717, 1.165) is 57.9 Å². The second-order valence-electron chi connectivity index (χ2n) is 8.19. The molecule has 158 valence electrons. The Labute approximate surface area is 181 Å². The third kappa shape index (κ3) is 3.55. The number of carbonyl (C=O) groups is 1. The Balaban J connectivity index is 1.41. The average molecular weight is 415 g/mol. The smallest absolute Gasteiger partial charge is 0.231 e. The predicted octanol–water partition coefficient (Wildman–Crippen LogP) is 4.39. The van der Waals surface area contributed by atoms with E-state index in [0.29, 0.717) is 13.0 Å². The highest BCUT2D eigenvalue weighted by Gasteiger charge is 2.50. The van der Waals surface area contributed by atoms with Gasteiger partial charge in [0.2, 0.25) is 6.79 Å². The molecule has 0 aromatic heterocycles. The molecule has 1 aliphatic heterocycles. The maximum atomic E-state index is 13.4. The minimum Gasteiger partial charge on any atom is -0.496 e. The van der Waals surface area contributed by atoms with E-state index in [-0.39, 0.29) is 12.6 Å². The Bertz CT molecular complexity index is 1130. The maximum absolute atomic E-state index is 13.4. The lowest BCUT2D eigenvalue weighted by molar-refractivity contribution is -0.120. The fourth-order valence-corrected chi connectivity index (χ4v) is 4.31. The molecule has 5 heteroatoms. The van der Waals surface area contributed by atoms with Gasteiger partial charge in [-0.05, 0) is 59.4 Å². The molecule has 0 unspecified atom stereocenters. The van der Waals surface area contributed by atoms with E-state index < -0.39 is 5.41 Å². The van der Waals surface area contributed by atoms with Crippen LogP contribution in [0.3, 0.4) is 0 Å². The van der Waals surface area contributed by atoms with Gasteiger partial charge >= 0.3 is 0 Å². The van der Waals surface area contributed by atoms with E-state index >= 15 is 0 Å². The molecule has 0 amide bonds. The van der Waals surface area contributed by atoms with E-state index in [1.165, 1.54) is 0 Å². The number of ether oxygens (including phenoxy) is 3. The molecule has 5 nitrogen and oxygen atoms in total. The Kier molecular flexibility index (Phi) is 4.91. The summed E-state index contributed by atoms with van der Waals surface area (Å²) in [7, 11) is 1.66. The molecule has 3 aromatic carbocycles. The highest BCUT2D eigenvalue weighted by atomic mass is 16.7. The molecule has 1 saturated carbocycles. The largest absolute Gasteiger partial charge is 0.496 e. The number of Topliss-reactive ketones (excluding diaryl/α,β-unsaturated/α-hetero) is 1. The molecule has 1 fully saturated rings. The average Bonchev–Trinajstić information content (AvgIpc) is 3.50. The minimum absolute atomic E-state index is 0.237. The number of carbonyl (C=O) groups excluding carboxylic acids is 1.